The van der Waals surface area contributed by atoms with Crippen molar-refractivity contribution in [1.29, 1.82) is 0 Å². The minimum absolute atomic E-state index is 0.00981. The minimum Gasteiger partial charge on any atom is -0.497 e. The van der Waals surface area contributed by atoms with Gasteiger partial charge in [0.1, 0.15) is 17.1 Å². The van der Waals surface area contributed by atoms with Crippen LogP contribution in [-0.4, -0.2) is 12.0 Å². The van der Waals surface area contributed by atoms with Gasteiger partial charge in [-0.3, -0.25) is 10.1 Å². The molecule has 3 aromatic carbocycles. The van der Waals surface area contributed by atoms with Gasteiger partial charge in [-0.05, 0) is 42.5 Å². The molecule has 6 heteroatoms. The normalized spacial score (nSPS) is 11.5. The Balaban J connectivity index is 1.97. The highest BCUT2D eigenvalue weighted by Gasteiger charge is 2.11. The fraction of sp³-hybridized carbons (Fsp3) is 0.0455. The molecule has 0 saturated heterocycles. The second-order valence-corrected chi connectivity index (χ2v) is 6.11. The van der Waals surface area contributed by atoms with Gasteiger partial charge in [0, 0.05) is 29.1 Å². The Morgan fingerprint density at radius 2 is 1.71 bits per heavy atom. The monoisotopic (exact) mass is 372 g/mol. The zero-order valence-electron chi connectivity index (χ0n) is 15.0. The highest BCUT2D eigenvalue weighted by atomic mass is 16.6. The van der Waals surface area contributed by atoms with Gasteiger partial charge in [0.2, 0.25) is 0 Å². The molecule has 0 radical (unpaired) electrons. The number of benzene rings is 3. The van der Waals surface area contributed by atoms with Gasteiger partial charge >= 0.3 is 0 Å². The molecule has 138 valence electrons. The Morgan fingerprint density at radius 1 is 0.964 bits per heavy atom. The molecule has 0 atom stereocenters. The molecule has 0 aliphatic carbocycles. The highest BCUT2D eigenvalue weighted by molar-refractivity contribution is 5.81. The molecular weight excluding hydrogens is 356 g/mol. The first-order chi connectivity index (χ1) is 13.6. The molecule has 0 bridgehead atoms. The lowest BCUT2D eigenvalue weighted by Gasteiger charge is -2.06. The largest absolute Gasteiger partial charge is 0.497 e. The maximum absolute atomic E-state index is 11.2. The van der Waals surface area contributed by atoms with Crippen molar-refractivity contribution in [2.24, 2.45) is 4.99 Å². The Hall–Kier alpha value is -3.93. The van der Waals surface area contributed by atoms with E-state index in [-0.39, 0.29) is 5.69 Å². The Morgan fingerprint density at radius 3 is 2.39 bits per heavy atom. The van der Waals surface area contributed by atoms with E-state index in [1.54, 1.807) is 19.2 Å². The van der Waals surface area contributed by atoms with Crippen molar-refractivity contribution in [2.45, 2.75) is 0 Å². The van der Waals surface area contributed by atoms with Crippen molar-refractivity contribution in [2.75, 3.05) is 7.11 Å². The number of nitro benzene ring substituents is 1. The number of nitro groups is 1. The molecule has 1 aromatic heterocycles. The van der Waals surface area contributed by atoms with Crippen LogP contribution in [-0.2, 0) is 0 Å². The van der Waals surface area contributed by atoms with Gasteiger partial charge in [-0.2, -0.15) is 0 Å². The molecule has 0 N–H and O–H groups in total. The average molecular weight is 372 g/mol. The number of rotatable bonds is 4. The van der Waals surface area contributed by atoms with Crippen LogP contribution in [0.4, 0.5) is 11.4 Å². The van der Waals surface area contributed by atoms with Crippen LogP contribution >= 0.6 is 0 Å². The maximum atomic E-state index is 11.2. The van der Waals surface area contributed by atoms with Crippen molar-refractivity contribution in [1.82, 2.24) is 0 Å². The molecule has 0 spiro atoms. The molecule has 0 aliphatic heterocycles. The van der Waals surface area contributed by atoms with Crippen LogP contribution in [0.1, 0.15) is 0 Å². The van der Waals surface area contributed by atoms with E-state index in [9.17, 15) is 10.1 Å². The van der Waals surface area contributed by atoms with Crippen LogP contribution in [0.25, 0.3) is 22.3 Å². The van der Waals surface area contributed by atoms with E-state index in [2.05, 4.69) is 4.99 Å². The predicted molar refractivity (Wildman–Crippen MR) is 107 cm³/mol. The number of hydrogen-bond acceptors (Lipinski definition) is 5. The molecule has 0 aliphatic rings. The molecule has 0 amide bonds. The first kappa shape index (κ1) is 17.5. The maximum Gasteiger partial charge on any atom is 0.270 e. The smallest absolute Gasteiger partial charge is 0.270 e. The van der Waals surface area contributed by atoms with Gasteiger partial charge in [-0.25, -0.2) is 4.99 Å². The molecule has 0 saturated carbocycles. The lowest BCUT2D eigenvalue weighted by Crippen LogP contribution is -2.04. The van der Waals surface area contributed by atoms with Crippen molar-refractivity contribution < 1.29 is 14.1 Å². The van der Waals surface area contributed by atoms with Crippen LogP contribution in [0.2, 0.25) is 0 Å². The van der Waals surface area contributed by atoms with Gasteiger partial charge in [-0.1, -0.05) is 18.2 Å². The van der Waals surface area contributed by atoms with Crippen LogP contribution in [0, 0.1) is 10.1 Å². The molecule has 1 heterocycles. The summed E-state index contributed by atoms with van der Waals surface area (Å²) in [5, 5.41) is 12.4. The third kappa shape index (κ3) is 3.48. The number of non-ortho nitro benzene ring substituents is 1. The molecular formula is C22H16N2O4. The highest BCUT2D eigenvalue weighted by Crippen LogP contribution is 2.26. The van der Waals surface area contributed by atoms with Crippen LogP contribution < -0.4 is 10.1 Å². The number of methoxy groups -OCH3 is 1. The molecule has 0 fully saturated rings. The standard InChI is InChI=1S/C22H16N2O4/c1-27-18-10-7-15(8-11-18)22-14-20(23-16-5-3-2-4-6-16)19-13-17(24(25)26)9-12-21(19)28-22/h2-14H,1H3. The predicted octanol–water partition coefficient (Wildman–Crippen LogP) is 5.25. The summed E-state index contributed by atoms with van der Waals surface area (Å²) in [5.41, 5.74) is 2.12. The van der Waals surface area contributed by atoms with Crippen LogP contribution in [0.5, 0.6) is 5.75 Å². The van der Waals surface area contributed by atoms with E-state index < -0.39 is 4.92 Å². The van der Waals surface area contributed by atoms with Crippen LogP contribution in [0.3, 0.4) is 0 Å². The summed E-state index contributed by atoms with van der Waals surface area (Å²) in [6.07, 6.45) is 0. The first-order valence-electron chi connectivity index (χ1n) is 8.60. The van der Waals surface area contributed by atoms with Crippen molar-refractivity contribution >= 4 is 22.3 Å². The third-order valence-electron chi connectivity index (χ3n) is 4.32. The van der Waals surface area contributed by atoms with Gasteiger partial charge in [0.15, 0.2) is 0 Å². The van der Waals surface area contributed by atoms with E-state index in [0.29, 0.717) is 22.1 Å². The molecule has 6 nitrogen and oxygen atoms in total. The van der Waals surface area contributed by atoms with E-state index in [4.69, 9.17) is 9.15 Å². The third-order valence-corrected chi connectivity index (χ3v) is 4.32. The summed E-state index contributed by atoms with van der Waals surface area (Å²) >= 11 is 0. The average Bonchev–Trinajstić information content (AvgIpc) is 2.74. The topological polar surface area (TPSA) is 77.9 Å². The fourth-order valence-corrected chi connectivity index (χ4v) is 2.90. The second-order valence-electron chi connectivity index (χ2n) is 6.11. The lowest BCUT2D eigenvalue weighted by molar-refractivity contribution is -0.384. The molecule has 4 rings (SSSR count). The zero-order chi connectivity index (χ0) is 19.5. The lowest BCUT2D eigenvalue weighted by atomic mass is 10.1. The van der Waals surface area contributed by atoms with E-state index >= 15 is 0 Å². The van der Waals surface area contributed by atoms with E-state index in [0.717, 1.165) is 17.0 Å². The number of nitrogens with zero attached hydrogens (tertiary/aromatic N) is 2. The van der Waals surface area contributed by atoms with Crippen molar-refractivity contribution in [3.05, 3.63) is 94.3 Å². The van der Waals surface area contributed by atoms with Gasteiger partial charge < -0.3 is 9.15 Å². The van der Waals surface area contributed by atoms with Gasteiger partial charge in [0.05, 0.1) is 23.1 Å². The van der Waals surface area contributed by atoms with Gasteiger partial charge in [-0.15, -0.1) is 0 Å². The number of para-hydroxylation sites is 1. The summed E-state index contributed by atoms with van der Waals surface area (Å²) in [6, 6.07) is 23.2. The second kappa shape index (κ2) is 7.36. The van der Waals surface area contributed by atoms with E-state index in [1.807, 2.05) is 54.6 Å². The Bertz CT molecular complexity index is 1210. The molecule has 4 aromatic rings. The summed E-state index contributed by atoms with van der Waals surface area (Å²) in [6.45, 7) is 0. The summed E-state index contributed by atoms with van der Waals surface area (Å²) in [4.78, 5) is 15.5. The Kier molecular flexibility index (Phi) is 4.60. The summed E-state index contributed by atoms with van der Waals surface area (Å²) < 4.78 is 11.2. The van der Waals surface area contributed by atoms with E-state index in [1.165, 1.54) is 12.1 Å². The van der Waals surface area contributed by atoms with Gasteiger partial charge in [0.25, 0.3) is 5.69 Å². The minimum atomic E-state index is -0.427. The number of hydrogen-bond donors (Lipinski definition) is 0. The Labute approximate surface area is 160 Å². The SMILES string of the molecule is COc1ccc(-c2cc(=Nc3ccccc3)c3cc([N+](=O)[O-])ccc3o2)cc1. The zero-order valence-corrected chi connectivity index (χ0v) is 15.0. The fourth-order valence-electron chi connectivity index (χ4n) is 2.90. The number of fused-ring (bicyclic) bond motifs is 1. The number of ether oxygens (including phenoxy) is 1. The molecule has 0 unspecified atom stereocenters. The summed E-state index contributed by atoms with van der Waals surface area (Å²) in [5.74, 6) is 1.35. The summed E-state index contributed by atoms with van der Waals surface area (Å²) in [7, 11) is 1.61. The quantitative estimate of drug-likeness (QED) is 0.362. The van der Waals surface area contributed by atoms with Crippen molar-refractivity contribution in [3.63, 3.8) is 0 Å². The molecule has 28 heavy (non-hydrogen) atoms. The van der Waals surface area contributed by atoms with Crippen molar-refractivity contribution in [3.8, 4) is 17.1 Å². The first-order valence-corrected chi connectivity index (χ1v) is 8.60. The van der Waals surface area contributed by atoms with Crippen LogP contribution in [0.15, 0.2) is 88.3 Å².